The quantitative estimate of drug-likeness (QED) is 0.431. The number of nitrogens with zero attached hydrogens (tertiary/aromatic N) is 6. The van der Waals surface area contributed by atoms with Crippen molar-refractivity contribution in [3.05, 3.63) is 54.9 Å². The van der Waals surface area contributed by atoms with E-state index in [4.69, 9.17) is 14.7 Å². The Morgan fingerprint density at radius 1 is 1.18 bits per heavy atom. The van der Waals surface area contributed by atoms with Gasteiger partial charge in [-0.2, -0.15) is 4.39 Å². The number of rotatable bonds is 6. The summed E-state index contributed by atoms with van der Waals surface area (Å²) in [5, 5.41) is 13.4. The number of anilines is 3. The van der Waals surface area contributed by atoms with Crippen LogP contribution in [0.4, 0.5) is 21.8 Å². The number of halogens is 1. The molecule has 33 heavy (non-hydrogen) atoms. The van der Waals surface area contributed by atoms with Crippen LogP contribution in [0.3, 0.4) is 0 Å². The number of methoxy groups -OCH3 is 1. The fourth-order valence-corrected chi connectivity index (χ4v) is 3.97. The lowest BCUT2D eigenvalue weighted by molar-refractivity contribution is 0.238. The van der Waals surface area contributed by atoms with Crippen molar-refractivity contribution in [2.75, 3.05) is 37.0 Å². The molecule has 168 valence electrons. The predicted octanol–water partition coefficient (Wildman–Crippen LogP) is 3.19. The first-order valence-corrected chi connectivity index (χ1v) is 10.6. The second-order valence-corrected chi connectivity index (χ2v) is 7.79. The molecule has 0 unspecified atom stereocenters. The number of nitrogens with one attached hydrogen (secondary N) is 1. The van der Waals surface area contributed by atoms with Crippen molar-refractivity contribution in [3.63, 3.8) is 0 Å². The zero-order chi connectivity index (χ0) is 22.8. The first-order chi connectivity index (χ1) is 16.1. The lowest BCUT2D eigenvalue weighted by atomic mass is 10.1. The van der Waals surface area contributed by atoms with Gasteiger partial charge in [-0.15, -0.1) is 0 Å². The van der Waals surface area contributed by atoms with Crippen LogP contribution >= 0.6 is 0 Å². The minimum absolute atomic E-state index is 0.137. The highest BCUT2D eigenvalue weighted by atomic mass is 19.1. The largest absolute Gasteiger partial charge is 0.494 e. The maximum absolute atomic E-state index is 13.4. The van der Waals surface area contributed by atoms with Crippen LogP contribution in [0.2, 0.25) is 0 Å². The number of pyridine rings is 3. The van der Waals surface area contributed by atoms with Crippen molar-refractivity contribution in [1.29, 1.82) is 0 Å². The highest BCUT2D eigenvalue weighted by Crippen LogP contribution is 2.36. The van der Waals surface area contributed by atoms with E-state index in [0.717, 1.165) is 29.7 Å². The summed E-state index contributed by atoms with van der Waals surface area (Å²) >= 11 is 0. The Kier molecular flexibility index (Phi) is 5.66. The summed E-state index contributed by atoms with van der Waals surface area (Å²) in [6, 6.07) is 8.10. The second-order valence-electron chi connectivity index (χ2n) is 7.79. The van der Waals surface area contributed by atoms with Crippen LogP contribution in [0.15, 0.2) is 48.9 Å². The average Bonchev–Trinajstić information content (AvgIpc) is 3.32. The zero-order valence-corrected chi connectivity index (χ0v) is 17.9. The van der Waals surface area contributed by atoms with Crippen molar-refractivity contribution < 1.29 is 14.2 Å². The van der Waals surface area contributed by atoms with Gasteiger partial charge in [0.2, 0.25) is 5.95 Å². The van der Waals surface area contributed by atoms with Crippen LogP contribution < -0.4 is 15.0 Å². The van der Waals surface area contributed by atoms with E-state index in [1.807, 2.05) is 6.07 Å². The van der Waals surface area contributed by atoms with E-state index in [-0.39, 0.29) is 12.5 Å². The highest BCUT2D eigenvalue weighted by Gasteiger charge is 2.26. The topological polar surface area (TPSA) is 109 Å². The maximum Gasteiger partial charge on any atom is 0.214 e. The first kappa shape index (κ1) is 21.0. The molecule has 0 radical (unpaired) electrons. The van der Waals surface area contributed by atoms with E-state index in [2.05, 4.69) is 25.2 Å². The van der Waals surface area contributed by atoms with E-state index in [1.165, 1.54) is 6.07 Å². The molecule has 9 nitrogen and oxygen atoms in total. The molecule has 5 rings (SSSR count). The molecular weight excluding hydrogens is 425 g/mol. The molecule has 0 bridgehead atoms. The Balaban J connectivity index is 1.57. The van der Waals surface area contributed by atoms with E-state index in [0.29, 0.717) is 35.3 Å². The predicted molar refractivity (Wildman–Crippen MR) is 122 cm³/mol. The van der Waals surface area contributed by atoms with E-state index in [1.54, 1.807) is 43.9 Å². The summed E-state index contributed by atoms with van der Waals surface area (Å²) in [6.07, 6.45) is 5.85. The molecular formula is C23H22FN7O2. The summed E-state index contributed by atoms with van der Waals surface area (Å²) in [4.78, 5) is 24.1. The number of ether oxygens (including phenoxy) is 1. The van der Waals surface area contributed by atoms with Gasteiger partial charge < -0.3 is 20.1 Å². The van der Waals surface area contributed by atoms with Crippen LogP contribution in [-0.4, -0.2) is 56.8 Å². The first-order valence-electron chi connectivity index (χ1n) is 10.6. The van der Waals surface area contributed by atoms with Crippen molar-refractivity contribution in [2.45, 2.75) is 6.42 Å². The highest BCUT2D eigenvalue weighted by molar-refractivity contribution is 5.95. The molecule has 4 aromatic rings. The standard InChI is InChI=1S/C23H22FN7O2/c1-33-17-11-25-10-16-21(17)23(31-8-6-14(12-31)13-32)30-22(27-16)15-5-7-26-20(9-15)29-19-4-2-3-18(24)28-19/h2-5,7,9-11,14,32H,6,8,12-13H2,1H3,(H,26,28,29)/t14-/m0/s1. The van der Waals surface area contributed by atoms with Gasteiger partial charge in [0.25, 0.3) is 0 Å². The number of aromatic nitrogens is 5. The smallest absolute Gasteiger partial charge is 0.214 e. The molecule has 1 fully saturated rings. The molecule has 5 heterocycles. The van der Waals surface area contributed by atoms with Gasteiger partial charge in [-0.3, -0.25) is 4.98 Å². The number of aliphatic hydroxyl groups excluding tert-OH is 1. The molecule has 1 aliphatic rings. The van der Waals surface area contributed by atoms with Crippen molar-refractivity contribution in [1.82, 2.24) is 24.9 Å². The SMILES string of the molecule is COc1cncc2nc(-c3ccnc(Nc4cccc(F)n4)c3)nc(N3CC[C@H](CO)C3)c12. The number of aliphatic hydroxyl groups is 1. The van der Waals surface area contributed by atoms with Gasteiger partial charge in [-0.25, -0.2) is 19.9 Å². The maximum atomic E-state index is 13.4. The minimum atomic E-state index is -0.577. The lowest BCUT2D eigenvalue weighted by Crippen LogP contribution is -2.22. The summed E-state index contributed by atoms with van der Waals surface area (Å²) < 4.78 is 19.0. The van der Waals surface area contributed by atoms with Crippen LogP contribution in [0.1, 0.15) is 6.42 Å². The molecule has 4 aromatic heterocycles. The summed E-state index contributed by atoms with van der Waals surface area (Å²) in [7, 11) is 1.59. The Labute approximate surface area is 189 Å². The normalized spacial score (nSPS) is 15.7. The molecule has 0 aromatic carbocycles. The minimum Gasteiger partial charge on any atom is -0.494 e. The van der Waals surface area contributed by atoms with Crippen molar-refractivity contribution >= 4 is 28.4 Å². The van der Waals surface area contributed by atoms with Gasteiger partial charge in [-0.05, 0) is 30.7 Å². The fraction of sp³-hybridized carbons (Fsp3) is 0.261. The van der Waals surface area contributed by atoms with Gasteiger partial charge in [-0.1, -0.05) is 6.07 Å². The zero-order valence-electron chi connectivity index (χ0n) is 17.9. The van der Waals surface area contributed by atoms with E-state index >= 15 is 0 Å². The van der Waals surface area contributed by atoms with Crippen LogP contribution in [0, 0.1) is 11.9 Å². The molecule has 0 aliphatic carbocycles. The fourth-order valence-electron chi connectivity index (χ4n) is 3.97. The van der Waals surface area contributed by atoms with Gasteiger partial charge in [0.15, 0.2) is 5.82 Å². The Bertz CT molecular complexity index is 1300. The van der Waals surface area contributed by atoms with Gasteiger partial charge in [0.05, 0.1) is 30.4 Å². The summed E-state index contributed by atoms with van der Waals surface area (Å²) in [5.74, 6) is 2.28. The van der Waals surface area contributed by atoms with E-state index in [9.17, 15) is 9.50 Å². The third-order valence-electron chi connectivity index (χ3n) is 5.61. The number of fused-ring (bicyclic) bond motifs is 1. The van der Waals surface area contributed by atoms with E-state index < -0.39 is 5.95 Å². The second kappa shape index (κ2) is 8.91. The number of hydrogen-bond donors (Lipinski definition) is 2. The monoisotopic (exact) mass is 447 g/mol. The molecule has 1 aliphatic heterocycles. The summed E-state index contributed by atoms with van der Waals surface area (Å²) in [5.41, 5.74) is 1.38. The molecule has 0 saturated carbocycles. The molecule has 1 atom stereocenters. The molecule has 10 heteroatoms. The van der Waals surface area contributed by atoms with Crippen LogP contribution in [-0.2, 0) is 0 Å². The molecule has 0 amide bonds. The van der Waals surface area contributed by atoms with Crippen LogP contribution in [0.5, 0.6) is 5.75 Å². The Morgan fingerprint density at radius 2 is 2.09 bits per heavy atom. The molecule has 2 N–H and O–H groups in total. The van der Waals surface area contributed by atoms with Gasteiger partial charge in [0.1, 0.15) is 23.2 Å². The van der Waals surface area contributed by atoms with Crippen molar-refractivity contribution in [3.8, 4) is 17.1 Å². The number of hydrogen-bond acceptors (Lipinski definition) is 9. The summed E-state index contributed by atoms with van der Waals surface area (Å²) in [6.45, 7) is 1.61. The van der Waals surface area contributed by atoms with Gasteiger partial charge >= 0.3 is 0 Å². The third-order valence-corrected chi connectivity index (χ3v) is 5.61. The van der Waals surface area contributed by atoms with Gasteiger partial charge in [0, 0.05) is 37.4 Å². The van der Waals surface area contributed by atoms with Crippen molar-refractivity contribution in [2.24, 2.45) is 5.92 Å². The molecule has 0 spiro atoms. The Hall–Kier alpha value is -3.92. The average molecular weight is 447 g/mol. The molecule has 1 saturated heterocycles. The lowest BCUT2D eigenvalue weighted by Gasteiger charge is -2.21. The third kappa shape index (κ3) is 4.24. The Morgan fingerprint density at radius 3 is 2.88 bits per heavy atom. The van der Waals surface area contributed by atoms with Crippen LogP contribution in [0.25, 0.3) is 22.3 Å².